The van der Waals surface area contributed by atoms with E-state index < -0.39 is 21.9 Å². The fraction of sp³-hybridized carbons (Fsp3) is 0.611. The first-order valence-electron chi connectivity index (χ1n) is 9.03. The molecule has 1 aromatic rings. The second kappa shape index (κ2) is 8.79. The lowest BCUT2D eigenvalue weighted by Gasteiger charge is -2.30. The number of esters is 1. The van der Waals surface area contributed by atoms with E-state index in [-0.39, 0.29) is 36.0 Å². The first-order chi connectivity index (χ1) is 12.7. The Labute approximate surface area is 160 Å². The van der Waals surface area contributed by atoms with Crippen LogP contribution in [0.3, 0.4) is 0 Å². The van der Waals surface area contributed by atoms with Crippen molar-refractivity contribution >= 4 is 21.9 Å². The van der Waals surface area contributed by atoms with Gasteiger partial charge in [0.1, 0.15) is 4.90 Å². The number of piperidine rings is 1. The van der Waals surface area contributed by atoms with Crippen LogP contribution >= 0.6 is 0 Å². The van der Waals surface area contributed by atoms with E-state index >= 15 is 0 Å². The number of nitrogens with zero attached hydrogens (tertiary/aromatic N) is 2. The number of aromatic nitrogens is 1. The molecular weight excluding hydrogens is 370 g/mol. The van der Waals surface area contributed by atoms with E-state index in [0.29, 0.717) is 12.8 Å². The minimum atomic E-state index is -3.61. The van der Waals surface area contributed by atoms with Crippen LogP contribution in [0.25, 0.3) is 0 Å². The Balaban J connectivity index is 1.83. The van der Waals surface area contributed by atoms with Gasteiger partial charge in [0.2, 0.25) is 10.0 Å². The molecule has 1 amide bonds. The number of nitrogens with one attached hydrogen (secondary N) is 1. The predicted molar refractivity (Wildman–Crippen MR) is 99.2 cm³/mol. The van der Waals surface area contributed by atoms with Crippen LogP contribution in [-0.4, -0.2) is 54.8 Å². The number of sulfonamides is 1. The Morgan fingerprint density at radius 1 is 1.33 bits per heavy atom. The van der Waals surface area contributed by atoms with Crippen molar-refractivity contribution in [3.05, 3.63) is 24.5 Å². The SMILES string of the molecule is CCC(C)(C)NC(=O)COC(=O)C1CCN(S(=O)(=O)c2cccnc2)CC1. The topological polar surface area (TPSA) is 106 Å². The average Bonchev–Trinajstić information content (AvgIpc) is 2.66. The van der Waals surface area contributed by atoms with Crippen molar-refractivity contribution in [1.29, 1.82) is 0 Å². The number of pyridine rings is 1. The molecule has 2 heterocycles. The summed E-state index contributed by atoms with van der Waals surface area (Å²) in [5, 5.41) is 2.80. The first kappa shape index (κ1) is 21.3. The predicted octanol–water partition coefficient (Wildman–Crippen LogP) is 1.33. The lowest BCUT2D eigenvalue weighted by atomic mass is 9.98. The average molecular weight is 397 g/mol. The molecule has 0 radical (unpaired) electrons. The number of amides is 1. The fourth-order valence-electron chi connectivity index (χ4n) is 2.74. The molecule has 27 heavy (non-hydrogen) atoms. The molecule has 0 aliphatic carbocycles. The zero-order chi connectivity index (χ0) is 20.1. The highest BCUT2D eigenvalue weighted by Crippen LogP contribution is 2.24. The van der Waals surface area contributed by atoms with E-state index in [1.165, 1.54) is 22.8 Å². The number of rotatable bonds is 7. The van der Waals surface area contributed by atoms with Crippen molar-refractivity contribution in [3.8, 4) is 0 Å². The van der Waals surface area contributed by atoms with Crippen LogP contribution in [0.1, 0.15) is 40.0 Å². The molecular formula is C18H27N3O5S. The van der Waals surface area contributed by atoms with Gasteiger partial charge in [0.05, 0.1) is 5.92 Å². The van der Waals surface area contributed by atoms with Gasteiger partial charge in [-0.2, -0.15) is 4.31 Å². The Bertz CT molecular complexity index is 756. The van der Waals surface area contributed by atoms with Gasteiger partial charge in [0, 0.05) is 31.0 Å². The fourth-order valence-corrected chi connectivity index (χ4v) is 4.17. The molecule has 1 saturated heterocycles. The van der Waals surface area contributed by atoms with Gasteiger partial charge in [0.15, 0.2) is 6.61 Å². The van der Waals surface area contributed by atoms with Crippen LogP contribution in [-0.2, 0) is 24.3 Å². The molecule has 0 unspecified atom stereocenters. The van der Waals surface area contributed by atoms with Crippen molar-refractivity contribution in [1.82, 2.24) is 14.6 Å². The third-order valence-electron chi connectivity index (χ3n) is 4.77. The molecule has 9 heteroatoms. The maximum Gasteiger partial charge on any atom is 0.309 e. The number of hydrogen-bond donors (Lipinski definition) is 1. The summed E-state index contributed by atoms with van der Waals surface area (Å²) < 4.78 is 31.6. The summed E-state index contributed by atoms with van der Waals surface area (Å²) in [6, 6.07) is 3.07. The monoisotopic (exact) mass is 397 g/mol. The molecule has 2 rings (SSSR count). The number of carbonyl (C=O) groups excluding carboxylic acids is 2. The smallest absolute Gasteiger partial charge is 0.309 e. The molecule has 1 N–H and O–H groups in total. The molecule has 0 saturated carbocycles. The van der Waals surface area contributed by atoms with Gasteiger partial charge in [-0.25, -0.2) is 8.42 Å². The van der Waals surface area contributed by atoms with Gasteiger partial charge in [-0.15, -0.1) is 0 Å². The zero-order valence-electron chi connectivity index (χ0n) is 16.0. The van der Waals surface area contributed by atoms with Crippen LogP contribution in [0.5, 0.6) is 0 Å². The van der Waals surface area contributed by atoms with Crippen LogP contribution in [0, 0.1) is 5.92 Å². The molecule has 0 aromatic carbocycles. The van der Waals surface area contributed by atoms with E-state index in [0.717, 1.165) is 6.42 Å². The summed E-state index contributed by atoms with van der Waals surface area (Å²) in [5.74, 6) is -1.21. The van der Waals surface area contributed by atoms with E-state index in [9.17, 15) is 18.0 Å². The maximum absolute atomic E-state index is 12.6. The molecule has 8 nitrogen and oxygen atoms in total. The maximum atomic E-state index is 12.6. The molecule has 0 bridgehead atoms. The highest BCUT2D eigenvalue weighted by Gasteiger charge is 2.33. The Morgan fingerprint density at radius 2 is 2.00 bits per heavy atom. The van der Waals surface area contributed by atoms with Gasteiger partial charge < -0.3 is 10.1 Å². The minimum Gasteiger partial charge on any atom is -0.455 e. The van der Waals surface area contributed by atoms with Crippen LogP contribution in [0.4, 0.5) is 0 Å². The molecule has 0 atom stereocenters. The Hall–Kier alpha value is -2.00. The second-order valence-electron chi connectivity index (χ2n) is 7.26. The van der Waals surface area contributed by atoms with Gasteiger partial charge in [0.25, 0.3) is 5.91 Å². The molecule has 0 spiro atoms. The van der Waals surface area contributed by atoms with Crippen LogP contribution in [0.15, 0.2) is 29.4 Å². The third-order valence-corrected chi connectivity index (χ3v) is 6.65. The van der Waals surface area contributed by atoms with Crippen molar-refractivity contribution in [3.63, 3.8) is 0 Å². The molecule has 1 aliphatic heterocycles. The number of ether oxygens (including phenoxy) is 1. The summed E-state index contributed by atoms with van der Waals surface area (Å²) in [4.78, 5) is 28.0. The molecule has 150 valence electrons. The zero-order valence-corrected chi connectivity index (χ0v) is 16.8. The summed E-state index contributed by atoms with van der Waals surface area (Å²) in [6.07, 6.45) is 4.31. The van der Waals surface area contributed by atoms with Crippen molar-refractivity contribution < 1.29 is 22.7 Å². The lowest BCUT2D eigenvalue weighted by molar-refractivity contribution is -0.154. The summed E-state index contributed by atoms with van der Waals surface area (Å²) >= 11 is 0. The van der Waals surface area contributed by atoms with E-state index in [4.69, 9.17) is 4.74 Å². The standard InChI is InChI=1S/C18H27N3O5S/c1-4-18(2,3)20-16(22)13-26-17(23)14-7-10-21(11-8-14)27(24,25)15-6-5-9-19-12-15/h5-6,9,12,14H,4,7-8,10-11,13H2,1-3H3,(H,20,22). The van der Waals surface area contributed by atoms with E-state index in [1.54, 1.807) is 6.07 Å². The molecule has 1 aromatic heterocycles. The highest BCUT2D eigenvalue weighted by atomic mass is 32.2. The Kier molecular flexibility index (Phi) is 6.94. The van der Waals surface area contributed by atoms with Gasteiger partial charge in [-0.3, -0.25) is 14.6 Å². The van der Waals surface area contributed by atoms with Gasteiger partial charge in [-0.05, 0) is 45.2 Å². The second-order valence-corrected chi connectivity index (χ2v) is 9.20. The summed E-state index contributed by atoms with van der Waals surface area (Å²) in [6.45, 7) is 5.88. The van der Waals surface area contributed by atoms with Gasteiger partial charge >= 0.3 is 5.97 Å². The number of hydrogen-bond acceptors (Lipinski definition) is 6. The van der Waals surface area contributed by atoms with Crippen molar-refractivity contribution in [2.75, 3.05) is 19.7 Å². The Morgan fingerprint density at radius 3 is 2.56 bits per heavy atom. The van der Waals surface area contributed by atoms with E-state index in [2.05, 4.69) is 10.3 Å². The highest BCUT2D eigenvalue weighted by molar-refractivity contribution is 7.89. The summed E-state index contributed by atoms with van der Waals surface area (Å²) in [7, 11) is -3.61. The molecule has 1 fully saturated rings. The van der Waals surface area contributed by atoms with Crippen molar-refractivity contribution in [2.45, 2.75) is 50.5 Å². The van der Waals surface area contributed by atoms with E-state index in [1.807, 2.05) is 20.8 Å². The molecule has 1 aliphatic rings. The largest absolute Gasteiger partial charge is 0.455 e. The number of carbonyl (C=O) groups is 2. The van der Waals surface area contributed by atoms with Crippen molar-refractivity contribution in [2.24, 2.45) is 5.92 Å². The van der Waals surface area contributed by atoms with Gasteiger partial charge in [-0.1, -0.05) is 6.92 Å². The lowest BCUT2D eigenvalue weighted by Crippen LogP contribution is -2.45. The summed E-state index contributed by atoms with van der Waals surface area (Å²) in [5.41, 5.74) is -0.352. The quantitative estimate of drug-likeness (QED) is 0.696. The minimum absolute atomic E-state index is 0.140. The normalized spacial score (nSPS) is 16.7. The first-order valence-corrected chi connectivity index (χ1v) is 10.5. The third kappa shape index (κ3) is 5.74. The van der Waals surface area contributed by atoms with Crippen LogP contribution < -0.4 is 5.32 Å². The van der Waals surface area contributed by atoms with Crippen LogP contribution in [0.2, 0.25) is 0 Å².